The normalized spacial score (nSPS) is 22.6. The quantitative estimate of drug-likeness (QED) is 0.363. The van der Waals surface area contributed by atoms with Crippen LogP contribution in [0, 0.1) is 11.8 Å². The molecule has 1 aliphatic rings. The van der Waals surface area contributed by atoms with Gasteiger partial charge in [-0.25, -0.2) is 0 Å². The fourth-order valence-corrected chi connectivity index (χ4v) is 2.81. The summed E-state index contributed by atoms with van der Waals surface area (Å²) in [4.78, 5) is 23.4. The third-order valence-electron chi connectivity index (χ3n) is 4.01. The topological polar surface area (TPSA) is 43.4 Å². The third kappa shape index (κ3) is 6.36. The molecule has 2 unspecified atom stereocenters. The molecule has 114 valence electrons. The lowest BCUT2D eigenvalue weighted by molar-refractivity contribution is -0.145. The molecule has 0 radical (unpaired) electrons. The first kappa shape index (κ1) is 16.9. The van der Waals surface area contributed by atoms with Gasteiger partial charge in [0.25, 0.3) is 0 Å². The average Bonchev–Trinajstić information content (AvgIpc) is 2.76. The monoisotopic (exact) mass is 280 g/mol. The van der Waals surface area contributed by atoms with Gasteiger partial charge in [-0.2, -0.15) is 0 Å². The van der Waals surface area contributed by atoms with Crippen molar-refractivity contribution in [1.82, 2.24) is 0 Å². The van der Waals surface area contributed by atoms with E-state index in [0.29, 0.717) is 37.6 Å². The number of allylic oxidation sites excluding steroid dienone is 2. The third-order valence-corrected chi connectivity index (χ3v) is 4.01. The highest BCUT2D eigenvalue weighted by molar-refractivity contribution is 5.82. The maximum atomic E-state index is 11.8. The number of carbonyl (C=O) groups excluding carboxylic acids is 2. The molecule has 1 saturated carbocycles. The van der Waals surface area contributed by atoms with Gasteiger partial charge >= 0.3 is 5.97 Å². The summed E-state index contributed by atoms with van der Waals surface area (Å²) in [5, 5.41) is 0. The molecule has 3 nitrogen and oxygen atoms in total. The number of rotatable bonds is 9. The average molecular weight is 280 g/mol. The summed E-state index contributed by atoms with van der Waals surface area (Å²) in [6.45, 7) is 4.67. The minimum atomic E-state index is -0.133. The predicted octanol–water partition coefficient (Wildman–Crippen LogP) is 4.06. The van der Waals surface area contributed by atoms with Gasteiger partial charge in [-0.05, 0) is 31.6 Å². The van der Waals surface area contributed by atoms with Gasteiger partial charge in [0.1, 0.15) is 5.78 Å². The Balaban J connectivity index is 2.26. The number of Topliss-reactive ketones (excluding diaryl/α,β-unsaturated/α-hetero) is 1. The summed E-state index contributed by atoms with van der Waals surface area (Å²) in [7, 11) is 0. The van der Waals surface area contributed by atoms with E-state index in [9.17, 15) is 9.59 Å². The Bertz CT molecular complexity index is 333. The van der Waals surface area contributed by atoms with Crippen LogP contribution in [0.3, 0.4) is 0 Å². The first-order valence-electron chi connectivity index (χ1n) is 7.95. The highest BCUT2D eigenvalue weighted by atomic mass is 16.5. The van der Waals surface area contributed by atoms with Crippen molar-refractivity contribution in [2.45, 2.75) is 65.2 Å². The van der Waals surface area contributed by atoms with Gasteiger partial charge in [0.05, 0.1) is 6.61 Å². The largest absolute Gasteiger partial charge is 0.466 e. The van der Waals surface area contributed by atoms with Crippen molar-refractivity contribution in [2.24, 2.45) is 11.8 Å². The molecule has 20 heavy (non-hydrogen) atoms. The maximum absolute atomic E-state index is 11.8. The first-order valence-corrected chi connectivity index (χ1v) is 7.95. The van der Waals surface area contributed by atoms with E-state index in [1.54, 1.807) is 0 Å². The van der Waals surface area contributed by atoms with E-state index in [1.165, 1.54) is 12.8 Å². The summed E-state index contributed by atoms with van der Waals surface area (Å²) in [5.41, 5.74) is 0. The van der Waals surface area contributed by atoms with Crippen LogP contribution < -0.4 is 0 Å². The number of ketones is 1. The molecule has 0 aliphatic heterocycles. The second-order valence-electron chi connectivity index (χ2n) is 5.76. The Hall–Kier alpha value is -1.12. The van der Waals surface area contributed by atoms with E-state index in [4.69, 9.17) is 4.74 Å². The number of esters is 1. The highest BCUT2D eigenvalue weighted by Crippen LogP contribution is 2.34. The van der Waals surface area contributed by atoms with Crippen LogP contribution in [0.1, 0.15) is 65.2 Å². The van der Waals surface area contributed by atoms with Crippen molar-refractivity contribution in [3.63, 3.8) is 0 Å². The number of hydrogen-bond acceptors (Lipinski definition) is 3. The maximum Gasteiger partial charge on any atom is 0.306 e. The molecule has 0 aromatic rings. The molecule has 0 amide bonds. The Morgan fingerprint density at radius 3 is 2.70 bits per heavy atom. The van der Waals surface area contributed by atoms with Crippen molar-refractivity contribution in [1.29, 1.82) is 0 Å². The SMILES string of the molecule is C/C=C\CC1CC(=O)CC1CC(=O)OCCCCCC. The minimum Gasteiger partial charge on any atom is -0.466 e. The van der Waals surface area contributed by atoms with E-state index in [1.807, 2.05) is 13.0 Å². The molecule has 0 aromatic heterocycles. The Morgan fingerprint density at radius 2 is 2.00 bits per heavy atom. The van der Waals surface area contributed by atoms with Crippen LogP contribution in [0.2, 0.25) is 0 Å². The molecule has 0 heterocycles. The van der Waals surface area contributed by atoms with E-state index < -0.39 is 0 Å². The smallest absolute Gasteiger partial charge is 0.306 e. The summed E-state index contributed by atoms with van der Waals surface area (Å²) in [6, 6.07) is 0. The van der Waals surface area contributed by atoms with Gasteiger partial charge in [0.15, 0.2) is 0 Å². The predicted molar refractivity (Wildman–Crippen MR) is 80.4 cm³/mol. The summed E-state index contributed by atoms with van der Waals surface area (Å²) in [5.74, 6) is 0.667. The van der Waals surface area contributed by atoms with Crippen molar-refractivity contribution in [2.75, 3.05) is 6.61 Å². The van der Waals surface area contributed by atoms with Crippen molar-refractivity contribution >= 4 is 11.8 Å². The van der Waals surface area contributed by atoms with Gasteiger partial charge in [-0.15, -0.1) is 0 Å². The molecule has 0 saturated heterocycles. The summed E-state index contributed by atoms with van der Waals surface area (Å²) < 4.78 is 5.27. The number of ether oxygens (including phenoxy) is 1. The van der Waals surface area contributed by atoms with Crippen LogP contribution in [0.5, 0.6) is 0 Å². The van der Waals surface area contributed by atoms with E-state index >= 15 is 0 Å². The Kier molecular flexibility index (Phi) is 8.24. The van der Waals surface area contributed by atoms with Crippen LogP contribution in [0.15, 0.2) is 12.2 Å². The molecule has 1 rings (SSSR count). The van der Waals surface area contributed by atoms with Crippen LogP contribution in [-0.4, -0.2) is 18.4 Å². The van der Waals surface area contributed by atoms with Crippen LogP contribution >= 0.6 is 0 Å². The van der Waals surface area contributed by atoms with Crippen LogP contribution in [0.4, 0.5) is 0 Å². The molecule has 0 N–H and O–H groups in total. The highest BCUT2D eigenvalue weighted by Gasteiger charge is 2.33. The first-order chi connectivity index (χ1) is 9.67. The zero-order chi connectivity index (χ0) is 14.8. The summed E-state index contributed by atoms with van der Waals surface area (Å²) in [6.07, 6.45) is 11.0. The van der Waals surface area contributed by atoms with Gasteiger partial charge < -0.3 is 4.74 Å². The van der Waals surface area contributed by atoms with Gasteiger partial charge in [-0.1, -0.05) is 38.3 Å². The second kappa shape index (κ2) is 9.73. The molecule has 1 aliphatic carbocycles. The fourth-order valence-electron chi connectivity index (χ4n) is 2.81. The van der Waals surface area contributed by atoms with Crippen molar-refractivity contribution < 1.29 is 14.3 Å². The van der Waals surface area contributed by atoms with Crippen molar-refractivity contribution in [3.8, 4) is 0 Å². The summed E-state index contributed by atoms with van der Waals surface area (Å²) >= 11 is 0. The molecule has 0 aromatic carbocycles. The van der Waals surface area contributed by atoms with Gasteiger partial charge in [0, 0.05) is 19.3 Å². The van der Waals surface area contributed by atoms with E-state index in [2.05, 4.69) is 13.0 Å². The van der Waals surface area contributed by atoms with Gasteiger partial charge in [0.2, 0.25) is 0 Å². The zero-order valence-corrected chi connectivity index (χ0v) is 12.9. The van der Waals surface area contributed by atoms with Crippen LogP contribution in [-0.2, 0) is 14.3 Å². The van der Waals surface area contributed by atoms with Crippen LogP contribution in [0.25, 0.3) is 0 Å². The molecular weight excluding hydrogens is 252 g/mol. The van der Waals surface area contributed by atoms with E-state index in [-0.39, 0.29) is 11.9 Å². The number of unbranched alkanes of at least 4 members (excludes halogenated alkanes) is 3. The minimum absolute atomic E-state index is 0.133. The zero-order valence-electron chi connectivity index (χ0n) is 12.9. The Labute approximate surface area is 122 Å². The Morgan fingerprint density at radius 1 is 1.25 bits per heavy atom. The lowest BCUT2D eigenvalue weighted by Gasteiger charge is -2.16. The lowest BCUT2D eigenvalue weighted by atomic mass is 9.90. The molecule has 0 bridgehead atoms. The molecule has 2 atom stereocenters. The fraction of sp³-hybridized carbons (Fsp3) is 0.765. The molecule has 0 spiro atoms. The number of hydrogen-bond donors (Lipinski definition) is 0. The van der Waals surface area contributed by atoms with Gasteiger partial charge in [-0.3, -0.25) is 9.59 Å². The molecular formula is C17H28O3. The van der Waals surface area contributed by atoms with E-state index in [0.717, 1.165) is 19.3 Å². The molecule has 3 heteroatoms. The lowest BCUT2D eigenvalue weighted by Crippen LogP contribution is -2.15. The second-order valence-corrected chi connectivity index (χ2v) is 5.76. The van der Waals surface area contributed by atoms with Crippen molar-refractivity contribution in [3.05, 3.63) is 12.2 Å². The molecule has 1 fully saturated rings. The number of carbonyl (C=O) groups is 2. The standard InChI is InChI=1S/C17H28O3/c1-3-5-7-8-10-20-17(19)13-15-12-16(18)11-14(15)9-6-4-2/h4,6,14-15H,3,5,7-13H2,1-2H3/b6-4-.